The highest BCUT2D eigenvalue weighted by Crippen LogP contribution is 2.24. The Labute approximate surface area is 152 Å². The summed E-state index contributed by atoms with van der Waals surface area (Å²) in [5.74, 6) is 1.36. The molecule has 1 aliphatic rings. The van der Waals surface area contributed by atoms with Gasteiger partial charge in [0.05, 0.1) is 17.4 Å². The number of nitrogens with one attached hydrogen (secondary N) is 1. The van der Waals surface area contributed by atoms with Crippen LogP contribution in [-0.4, -0.2) is 56.2 Å². The van der Waals surface area contributed by atoms with Gasteiger partial charge in [-0.2, -0.15) is 0 Å². The van der Waals surface area contributed by atoms with E-state index in [4.69, 9.17) is 0 Å². The fourth-order valence-corrected chi connectivity index (χ4v) is 3.01. The zero-order valence-corrected chi connectivity index (χ0v) is 15.1. The number of anilines is 1. The van der Waals surface area contributed by atoms with Crippen LogP contribution in [0.1, 0.15) is 48.8 Å². The Balaban J connectivity index is 1.60. The van der Waals surface area contributed by atoms with Crippen molar-refractivity contribution in [1.29, 1.82) is 0 Å². The van der Waals surface area contributed by atoms with E-state index >= 15 is 0 Å². The number of hydrogen-bond acceptors (Lipinski definition) is 7. The third-order valence-corrected chi connectivity index (χ3v) is 4.46. The van der Waals surface area contributed by atoms with Gasteiger partial charge in [0.25, 0.3) is 5.91 Å². The summed E-state index contributed by atoms with van der Waals surface area (Å²) in [4.78, 5) is 31.1. The highest BCUT2D eigenvalue weighted by atomic mass is 16.3. The van der Waals surface area contributed by atoms with Crippen LogP contribution in [0.25, 0.3) is 0 Å². The molecule has 1 saturated heterocycles. The summed E-state index contributed by atoms with van der Waals surface area (Å²) in [7, 11) is 0. The first-order chi connectivity index (χ1) is 12.5. The predicted octanol–water partition coefficient (Wildman–Crippen LogP) is 1.15. The molecule has 1 aliphatic heterocycles. The number of amides is 1. The average Bonchev–Trinajstić information content (AvgIpc) is 2.67. The van der Waals surface area contributed by atoms with Crippen LogP contribution in [0.5, 0.6) is 0 Å². The van der Waals surface area contributed by atoms with E-state index in [1.165, 1.54) is 12.4 Å². The topological polar surface area (TPSA) is 104 Å². The molecule has 0 aliphatic carbocycles. The van der Waals surface area contributed by atoms with E-state index in [1.54, 1.807) is 18.6 Å². The molecule has 8 heteroatoms. The lowest BCUT2D eigenvalue weighted by Gasteiger charge is -2.39. The van der Waals surface area contributed by atoms with E-state index in [-0.39, 0.29) is 18.4 Å². The van der Waals surface area contributed by atoms with Crippen LogP contribution in [-0.2, 0) is 0 Å². The van der Waals surface area contributed by atoms with Crippen molar-refractivity contribution >= 4 is 11.7 Å². The molecule has 0 saturated carbocycles. The van der Waals surface area contributed by atoms with E-state index in [9.17, 15) is 9.90 Å². The zero-order chi connectivity index (χ0) is 18.6. The molecule has 2 aromatic heterocycles. The lowest BCUT2D eigenvalue weighted by molar-refractivity contribution is 0.0254. The molecule has 0 unspecified atom stereocenters. The maximum absolute atomic E-state index is 12.3. The summed E-state index contributed by atoms with van der Waals surface area (Å²) < 4.78 is 0. The highest BCUT2D eigenvalue weighted by molar-refractivity contribution is 5.93. The molecular formula is C18H24N6O2. The standard InChI is InChI=1S/C18H24N6O2/c1-13(2)16-21-8-14(9-22-16)17(25)23-11-18(26)4-3-7-24(12-18)15-10-19-5-6-20-15/h5-6,8-10,13,26H,3-4,7,11-12H2,1-2H3,(H,23,25)/t18-/m0/s1. The fraction of sp³-hybridized carbons (Fsp3) is 0.500. The van der Waals surface area contributed by atoms with Gasteiger partial charge in [0, 0.05) is 50.3 Å². The van der Waals surface area contributed by atoms with Crippen LogP contribution in [0, 0.1) is 0 Å². The maximum Gasteiger partial charge on any atom is 0.254 e. The van der Waals surface area contributed by atoms with E-state index in [1.807, 2.05) is 18.7 Å². The van der Waals surface area contributed by atoms with Gasteiger partial charge in [-0.25, -0.2) is 15.0 Å². The Kier molecular flexibility index (Phi) is 5.41. The number of carbonyl (C=O) groups is 1. The second kappa shape index (κ2) is 7.74. The number of rotatable bonds is 5. The monoisotopic (exact) mass is 356 g/mol. The number of hydrogen-bond donors (Lipinski definition) is 2. The first-order valence-corrected chi connectivity index (χ1v) is 8.80. The molecule has 0 radical (unpaired) electrons. The minimum absolute atomic E-state index is 0.161. The maximum atomic E-state index is 12.3. The van der Waals surface area contributed by atoms with Crippen LogP contribution in [0.2, 0.25) is 0 Å². The van der Waals surface area contributed by atoms with Gasteiger partial charge in [-0.1, -0.05) is 13.8 Å². The van der Waals surface area contributed by atoms with Crippen molar-refractivity contribution in [1.82, 2.24) is 25.3 Å². The first-order valence-electron chi connectivity index (χ1n) is 8.80. The summed E-state index contributed by atoms with van der Waals surface area (Å²) in [6.07, 6.45) is 9.40. The summed E-state index contributed by atoms with van der Waals surface area (Å²) >= 11 is 0. The molecule has 3 heterocycles. The van der Waals surface area contributed by atoms with Crippen LogP contribution in [0.3, 0.4) is 0 Å². The third kappa shape index (κ3) is 4.32. The Morgan fingerprint density at radius 3 is 2.69 bits per heavy atom. The zero-order valence-electron chi connectivity index (χ0n) is 15.1. The number of aromatic nitrogens is 4. The van der Waals surface area contributed by atoms with Gasteiger partial charge in [-0.05, 0) is 12.8 Å². The Hall–Kier alpha value is -2.61. The second-order valence-corrected chi connectivity index (χ2v) is 6.98. The molecule has 26 heavy (non-hydrogen) atoms. The summed E-state index contributed by atoms with van der Waals surface area (Å²) in [6, 6.07) is 0. The van der Waals surface area contributed by atoms with Crippen molar-refractivity contribution in [2.24, 2.45) is 0 Å². The number of β-amino-alcohol motifs (C(OH)–C–C–N with tert-alkyl or cyclic N) is 1. The van der Waals surface area contributed by atoms with E-state index in [0.29, 0.717) is 24.4 Å². The van der Waals surface area contributed by atoms with Crippen molar-refractivity contribution < 1.29 is 9.90 Å². The molecule has 2 aromatic rings. The van der Waals surface area contributed by atoms with Crippen LogP contribution in [0.4, 0.5) is 5.82 Å². The summed E-state index contributed by atoms with van der Waals surface area (Å²) in [6.45, 7) is 5.36. The molecule has 1 fully saturated rings. The van der Waals surface area contributed by atoms with E-state index in [2.05, 4.69) is 25.3 Å². The van der Waals surface area contributed by atoms with Gasteiger partial charge in [-0.15, -0.1) is 0 Å². The van der Waals surface area contributed by atoms with Crippen LogP contribution >= 0.6 is 0 Å². The van der Waals surface area contributed by atoms with Gasteiger partial charge in [0.1, 0.15) is 11.6 Å². The lowest BCUT2D eigenvalue weighted by atomic mass is 9.92. The number of aliphatic hydroxyl groups is 1. The van der Waals surface area contributed by atoms with E-state index < -0.39 is 5.60 Å². The SMILES string of the molecule is CC(C)c1ncc(C(=O)NC[C@@]2(O)CCCN(c3cnccn3)C2)cn1. The molecular weight excluding hydrogens is 332 g/mol. The second-order valence-electron chi connectivity index (χ2n) is 6.98. The van der Waals surface area contributed by atoms with Crippen molar-refractivity contribution in [3.63, 3.8) is 0 Å². The van der Waals surface area contributed by atoms with Crippen molar-refractivity contribution in [2.75, 3.05) is 24.5 Å². The normalized spacial score (nSPS) is 20.2. The van der Waals surface area contributed by atoms with Gasteiger partial charge < -0.3 is 15.3 Å². The average molecular weight is 356 g/mol. The number of piperidine rings is 1. The Bertz CT molecular complexity index is 737. The lowest BCUT2D eigenvalue weighted by Crippen LogP contribution is -2.54. The quantitative estimate of drug-likeness (QED) is 0.828. The Morgan fingerprint density at radius 1 is 1.27 bits per heavy atom. The molecule has 3 rings (SSSR count). The molecule has 0 spiro atoms. The minimum Gasteiger partial charge on any atom is -0.386 e. The van der Waals surface area contributed by atoms with Crippen LogP contribution < -0.4 is 10.2 Å². The largest absolute Gasteiger partial charge is 0.386 e. The number of nitrogens with zero attached hydrogens (tertiary/aromatic N) is 5. The van der Waals surface area contributed by atoms with Gasteiger partial charge in [0.15, 0.2) is 0 Å². The minimum atomic E-state index is -1.01. The highest BCUT2D eigenvalue weighted by Gasteiger charge is 2.34. The Morgan fingerprint density at radius 2 is 2.04 bits per heavy atom. The molecule has 1 atom stereocenters. The first kappa shape index (κ1) is 18.2. The summed E-state index contributed by atoms with van der Waals surface area (Å²) in [5, 5.41) is 13.7. The van der Waals surface area contributed by atoms with Crippen molar-refractivity contribution in [2.45, 2.75) is 38.2 Å². The van der Waals surface area contributed by atoms with E-state index in [0.717, 1.165) is 18.8 Å². The number of carbonyl (C=O) groups excluding carboxylic acids is 1. The molecule has 0 aromatic carbocycles. The van der Waals surface area contributed by atoms with Gasteiger partial charge in [0.2, 0.25) is 0 Å². The molecule has 138 valence electrons. The molecule has 0 bridgehead atoms. The van der Waals surface area contributed by atoms with Crippen molar-refractivity contribution in [3.05, 3.63) is 42.4 Å². The van der Waals surface area contributed by atoms with Gasteiger partial charge in [-0.3, -0.25) is 9.78 Å². The molecule has 2 N–H and O–H groups in total. The third-order valence-electron chi connectivity index (χ3n) is 4.46. The van der Waals surface area contributed by atoms with Crippen LogP contribution in [0.15, 0.2) is 31.0 Å². The molecule has 1 amide bonds. The van der Waals surface area contributed by atoms with Crippen molar-refractivity contribution in [3.8, 4) is 0 Å². The predicted molar refractivity (Wildman–Crippen MR) is 96.9 cm³/mol. The molecule has 8 nitrogen and oxygen atoms in total. The smallest absolute Gasteiger partial charge is 0.254 e. The van der Waals surface area contributed by atoms with Gasteiger partial charge >= 0.3 is 0 Å². The fourth-order valence-electron chi connectivity index (χ4n) is 3.01. The summed E-state index contributed by atoms with van der Waals surface area (Å²) in [5.41, 5.74) is -0.621.